The maximum Gasteiger partial charge on any atom is 0.258 e. The van der Waals surface area contributed by atoms with Gasteiger partial charge < -0.3 is 9.88 Å². The molecule has 0 atom stereocenters. The van der Waals surface area contributed by atoms with Gasteiger partial charge in [0.25, 0.3) is 11.5 Å². The first-order valence-electron chi connectivity index (χ1n) is 9.17. The highest BCUT2D eigenvalue weighted by molar-refractivity contribution is 6.09. The van der Waals surface area contributed by atoms with Crippen molar-refractivity contribution in [3.05, 3.63) is 70.0 Å². The average Bonchev–Trinajstić information content (AvgIpc) is 3.28. The van der Waals surface area contributed by atoms with Gasteiger partial charge in [0, 0.05) is 23.1 Å². The highest BCUT2D eigenvalue weighted by Gasteiger charge is 2.48. The van der Waals surface area contributed by atoms with Crippen molar-refractivity contribution in [1.82, 2.24) is 9.97 Å². The number of nitrogens with one attached hydrogen (secondary N) is 1. The molecular formula is C21H18FN3O2. The van der Waals surface area contributed by atoms with Crippen LogP contribution in [0.1, 0.15) is 41.6 Å². The van der Waals surface area contributed by atoms with Crippen LogP contribution < -0.4 is 10.5 Å². The lowest BCUT2D eigenvalue weighted by Gasteiger charge is -2.25. The van der Waals surface area contributed by atoms with Crippen LogP contribution in [0.2, 0.25) is 0 Å². The molecule has 136 valence electrons. The summed E-state index contributed by atoms with van der Waals surface area (Å²) < 4.78 is 14.7. The Morgan fingerprint density at radius 3 is 2.81 bits per heavy atom. The second-order valence-electron chi connectivity index (χ2n) is 7.48. The number of nitrogens with zero attached hydrogens (tertiary/aromatic N) is 2. The Hall–Kier alpha value is -3.02. The monoisotopic (exact) mass is 363 g/mol. The molecule has 0 unspecified atom stereocenters. The first kappa shape index (κ1) is 16.2. The molecule has 0 radical (unpaired) electrons. The van der Waals surface area contributed by atoms with Crippen LogP contribution in [0, 0.1) is 5.82 Å². The average molecular weight is 363 g/mol. The first-order chi connectivity index (χ1) is 13.1. The van der Waals surface area contributed by atoms with Crippen LogP contribution in [0.3, 0.4) is 0 Å². The Morgan fingerprint density at radius 1 is 1.19 bits per heavy atom. The minimum Gasteiger partial charge on any atom is -0.313 e. The van der Waals surface area contributed by atoms with Crippen molar-refractivity contribution in [3.8, 4) is 0 Å². The normalized spacial score (nSPS) is 17.6. The van der Waals surface area contributed by atoms with E-state index in [1.54, 1.807) is 29.2 Å². The minimum absolute atomic E-state index is 0.212. The molecule has 0 saturated heterocycles. The predicted molar refractivity (Wildman–Crippen MR) is 101 cm³/mol. The number of halogens is 1. The molecule has 1 aromatic heterocycles. The van der Waals surface area contributed by atoms with E-state index in [0.717, 1.165) is 25.7 Å². The quantitative estimate of drug-likeness (QED) is 0.719. The van der Waals surface area contributed by atoms with Crippen LogP contribution in [0.15, 0.2) is 47.5 Å². The molecule has 1 saturated carbocycles. The second kappa shape index (κ2) is 5.74. The summed E-state index contributed by atoms with van der Waals surface area (Å²) in [5.41, 5.74) is 1.71. The van der Waals surface area contributed by atoms with Crippen molar-refractivity contribution in [2.75, 3.05) is 11.4 Å². The third-order valence-electron chi connectivity index (χ3n) is 5.97. The first-order valence-corrected chi connectivity index (χ1v) is 9.17. The fourth-order valence-corrected chi connectivity index (χ4v) is 4.73. The number of fused-ring (bicyclic) bond motifs is 3. The highest BCUT2D eigenvalue weighted by Crippen LogP contribution is 2.51. The second-order valence-corrected chi connectivity index (χ2v) is 7.48. The van der Waals surface area contributed by atoms with Gasteiger partial charge in [0.2, 0.25) is 0 Å². The van der Waals surface area contributed by atoms with E-state index in [0.29, 0.717) is 34.3 Å². The van der Waals surface area contributed by atoms with Gasteiger partial charge in [0.15, 0.2) is 0 Å². The Bertz CT molecular complexity index is 1130. The topological polar surface area (TPSA) is 66.1 Å². The number of benzene rings is 2. The SMILES string of the molecule is O=C(c1ccc2nc[nH]c(=O)c2c1)N1CC2(CCCC2)c2c(F)cccc21. The van der Waals surface area contributed by atoms with E-state index in [4.69, 9.17) is 0 Å². The van der Waals surface area contributed by atoms with Crippen molar-refractivity contribution in [3.63, 3.8) is 0 Å². The minimum atomic E-state index is -0.286. The zero-order valence-corrected chi connectivity index (χ0v) is 14.7. The van der Waals surface area contributed by atoms with Crippen molar-refractivity contribution >= 4 is 22.5 Å². The predicted octanol–water partition coefficient (Wildman–Crippen LogP) is 3.53. The molecule has 2 aliphatic rings. The number of hydrogen-bond donors (Lipinski definition) is 1. The van der Waals surface area contributed by atoms with E-state index in [2.05, 4.69) is 9.97 Å². The van der Waals surface area contributed by atoms with Crippen LogP contribution in [0.4, 0.5) is 10.1 Å². The zero-order valence-electron chi connectivity index (χ0n) is 14.7. The molecule has 6 heteroatoms. The molecule has 3 aromatic rings. The molecule has 1 aliphatic heterocycles. The van der Waals surface area contributed by atoms with Gasteiger partial charge in [-0.2, -0.15) is 0 Å². The van der Waals surface area contributed by atoms with Gasteiger partial charge in [-0.3, -0.25) is 9.59 Å². The Balaban J connectivity index is 1.61. The highest BCUT2D eigenvalue weighted by atomic mass is 19.1. The molecule has 1 N–H and O–H groups in total. The van der Waals surface area contributed by atoms with Gasteiger partial charge in [0.1, 0.15) is 5.82 Å². The Morgan fingerprint density at radius 2 is 2.00 bits per heavy atom. The van der Waals surface area contributed by atoms with Crippen molar-refractivity contribution in [2.45, 2.75) is 31.1 Å². The lowest BCUT2D eigenvalue weighted by molar-refractivity contribution is 0.0985. The number of H-pyrrole nitrogens is 1. The van der Waals surface area contributed by atoms with Crippen molar-refractivity contribution in [1.29, 1.82) is 0 Å². The number of anilines is 1. The summed E-state index contributed by atoms with van der Waals surface area (Å²) in [6.45, 7) is 0.490. The molecular weight excluding hydrogens is 345 g/mol. The van der Waals surface area contributed by atoms with Crippen LogP contribution in [-0.2, 0) is 5.41 Å². The smallest absolute Gasteiger partial charge is 0.258 e. The summed E-state index contributed by atoms with van der Waals surface area (Å²) in [4.78, 5) is 33.7. The largest absolute Gasteiger partial charge is 0.313 e. The van der Waals surface area contributed by atoms with E-state index in [1.165, 1.54) is 12.4 Å². The van der Waals surface area contributed by atoms with Gasteiger partial charge in [-0.25, -0.2) is 9.37 Å². The van der Waals surface area contributed by atoms with Crippen LogP contribution in [0.25, 0.3) is 10.9 Å². The van der Waals surface area contributed by atoms with Crippen LogP contribution in [0.5, 0.6) is 0 Å². The maximum atomic E-state index is 14.7. The lowest BCUT2D eigenvalue weighted by Crippen LogP contribution is -2.35. The summed E-state index contributed by atoms with van der Waals surface area (Å²) in [5, 5.41) is 0.373. The van der Waals surface area contributed by atoms with Crippen LogP contribution >= 0.6 is 0 Å². The van der Waals surface area contributed by atoms with Gasteiger partial charge in [-0.15, -0.1) is 0 Å². The number of hydrogen-bond acceptors (Lipinski definition) is 3. The molecule has 2 aromatic carbocycles. The number of rotatable bonds is 1. The fraction of sp³-hybridized carbons (Fsp3) is 0.286. The summed E-state index contributed by atoms with van der Waals surface area (Å²) >= 11 is 0. The molecule has 1 spiro atoms. The molecule has 5 rings (SSSR count). The van der Waals surface area contributed by atoms with E-state index >= 15 is 0 Å². The number of aromatic nitrogens is 2. The summed E-state index contributed by atoms with van der Waals surface area (Å²) in [6.07, 6.45) is 5.23. The zero-order chi connectivity index (χ0) is 18.6. The van der Waals surface area contributed by atoms with Crippen molar-refractivity contribution < 1.29 is 9.18 Å². The number of aromatic amines is 1. The summed E-state index contributed by atoms with van der Waals surface area (Å²) in [5.74, 6) is -0.445. The van der Waals surface area contributed by atoms with E-state index in [9.17, 15) is 14.0 Å². The molecule has 1 fully saturated rings. The maximum absolute atomic E-state index is 14.7. The third kappa shape index (κ3) is 2.32. The third-order valence-corrected chi connectivity index (χ3v) is 5.97. The molecule has 5 nitrogen and oxygen atoms in total. The molecule has 0 bridgehead atoms. The van der Waals surface area contributed by atoms with Gasteiger partial charge in [-0.05, 0) is 43.2 Å². The van der Waals surface area contributed by atoms with Gasteiger partial charge in [-0.1, -0.05) is 18.9 Å². The number of carbonyl (C=O) groups is 1. The summed E-state index contributed by atoms with van der Waals surface area (Å²) in [6, 6.07) is 9.87. The molecule has 1 amide bonds. The number of carbonyl (C=O) groups excluding carboxylic acids is 1. The fourth-order valence-electron chi connectivity index (χ4n) is 4.73. The van der Waals surface area contributed by atoms with Crippen LogP contribution in [-0.4, -0.2) is 22.4 Å². The Kier molecular flexibility index (Phi) is 3.44. The standard InChI is InChI=1S/C21H18FN3O2/c22-15-4-3-5-17-18(15)21(8-1-2-9-21)11-25(17)20(27)13-6-7-16-14(10-13)19(26)24-12-23-16/h3-7,10,12H,1-2,8-9,11H2,(H,23,24,26). The van der Waals surface area contributed by atoms with Gasteiger partial charge >= 0.3 is 0 Å². The lowest BCUT2D eigenvalue weighted by atomic mass is 9.80. The van der Waals surface area contributed by atoms with E-state index < -0.39 is 0 Å². The van der Waals surface area contributed by atoms with E-state index in [1.807, 2.05) is 6.07 Å². The summed E-state index contributed by atoms with van der Waals surface area (Å²) in [7, 11) is 0. The van der Waals surface area contributed by atoms with Gasteiger partial charge in [0.05, 0.1) is 22.9 Å². The Labute approximate surface area is 154 Å². The number of amides is 1. The molecule has 2 heterocycles. The molecule has 27 heavy (non-hydrogen) atoms. The van der Waals surface area contributed by atoms with Crippen molar-refractivity contribution in [2.24, 2.45) is 0 Å². The van der Waals surface area contributed by atoms with E-state index in [-0.39, 0.29) is 22.7 Å². The molecule has 1 aliphatic carbocycles.